The molecule has 1 radical (unpaired) electrons. The highest BCUT2D eigenvalue weighted by molar-refractivity contribution is 9.10. The first-order valence-corrected chi connectivity index (χ1v) is 4.86. The van der Waals surface area contributed by atoms with Gasteiger partial charge in [0.25, 0.3) is 0 Å². The van der Waals surface area contributed by atoms with Gasteiger partial charge in [-0.3, -0.25) is 0 Å². The largest absolute Gasteiger partial charge is 0.393 e. The van der Waals surface area contributed by atoms with Crippen molar-refractivity contribution in [3.05, 3.63) is 34.3 Å². The summed E-state index contributed by atoms with van der Waals surface area (Å²) in [6, 6.07) is 7.72. The van der Waals surface area contributed by atoms with E-state index in [-0.39, 0.29) is 6.10 Å². The molecule has 0 atom stereocenters. The van der Waals surface area contributed by atoms with Crippen molar-refractivity contribution in [2.45, 2.75) is 20.0 Å². The predicted molar refractivity (Wildman–Crippen MR) is 56.9 cm³/mol. The first kappa shape index (κ1) is 10.3. The Kier molecular flexibility index (Phi) is 3.96. The van der Waals surface area contributed by atoms with Crippen LogP contribution in [0.25, 0.3) is 0 Å². The standard InChI is InChI=1S/C10H11BrNO/c1-8(2)13-12-7-9-5-3-4-6-10(9)11/h3-6,8H,1-2H3. The Morgan fingerprint density at radius 3 is 2.69 bits per heavy atom. The molecule has 1 rings (SSSR count). The number of hydrogen-bond acceptors (Lipinski definition) is 2. The van der Waals surface area contributed by atoms with Crippen molar-refractivity contribution in [2.24, 2.45) is 5.16 Å². The highest BCUT2D eigenvalue weighted by Gasteiger charge is 1.95. The summed E-state index contributed by atoms with van der Waals surface area (Å²) < 4.78 is 0.964. The Balaban J connectivity index is 2.63. The van der Waals surface area contributed by atoms with Crippen molar-refractivity contribution < 1.29 is 4.84 Å². The molecule has 1 aromatic rings. The van der Waals surface area contributed by atoms with Crippen LogP contribution in [0.4, 0.5) is 0 Å². The fourth-order valence-corrected chi connectivity index (χ4v) is 1.11. The van der Waals surface area contributed by atoms with Crippen LogP contribution in [0.5, 0.6) is 0 Å². The molecule has 0 spiro atoms. The maximum atomic E-state index is 4.99. The van der Waals surface area contributed by atoms with Gasteiger partial charge in [-0.25, -0.2) is 0 Å². The zero-order valence-electron chi connectivity index (χ0n) is 7.62. The van der Waals surface area contributed by atoms with E-state index < -0.39 is 0 Å². The number of nitrogens with zero attached hydrogens (tertiary/aromatic N) is 1. The van der Waals surface area contributed by atoms with Crippen molar-refractivity contribution in [2.75, 3.05) is 0 Å². The van der Waals surface area contributed by atoms with E-state index in [1.807, 2.05) is 38.1 Å². The van der Waals surface area contributed by atoms with Gasteiger partial charge in [-0.1, -0.05) is 39.3 Å². The lowest BCUT2D eigenvalue weighted by atomic mass is 10.2. The topological polar surface area (TPSA) is 21.6 Å². The van der Waals surface area contributed by atoms with E-state index >= 15 is 0 Å². The van der Waals surface area contributed by atoms with Crippen molar-refractivity contribution in [1.29, 1.82) is 0 Å². The van der Waals surface area contributed by atoms with Crippen molar-refractivity contribution in [1.82, 2.24) is 0 Å². The van der Waals surface area contributed by atoms with Crippen LogP contribution in [-0.4, -0.2) is 12.3 Å². The SMILES string of the molecule is CC(C)O/N=[C]/c1ccccc1Br. The Bertz CT molecular complexity index is 297. The van der Waals surface area contributed by atoms with E-state index in [0.29, 0.717) is 0 Å². The smallest absolute Gasteiger partial charge is 0.140 e. The molecule has 0 saturated carbocycles. The second kappa shape index (κ2) is 5.02. The molecule has 0 N–H and O–H groups in total. The van der Waals surface area contributed by atoms with E-state index in [2.05, 4.69) is 27.3 Å². The third kappa shape index (κ3) is 3.59. The monoisotopic (exact) mass is 240 g/mol. The van der Waals surface area contributed by atoms with Crippen LogP contribution in [0.15, 0.2) is 33.9 Å². The Hall–Kier alpha value is -0.830. The maximum Gasteiger partial charge on any atom is 0.140 e. The van der Waals surface area contributed by atoms with Gasteiger partial charge < -0.3 is 4.84 Å². The minimum absolute atomic E-state index is 0.0926. The fourth-order valence-electron chi connectivity index (χ4n) is 0.733. The molecule has 2 nitrogen and oxygen atoms in total. The summed E-state index contributed by atoms with van der Waals surface area (Å²) in [6.07, 6.45) is 2.89. The first-order valence-electron chi connectivity index (χ1n) is 4.06. The van der Waals surface area contributed by atoms with Crippen LogP contribution in [0.2, 0.25) is 0 Å². The summed E-state index contributed by atoms with van der Waals surface area (Å²) in [5, 5.41) is 3.72. The minimum Gasteiger partial charge on any atom is -0.393 e. The molecule has 0 fully saturated rings. The second-order valence-corrected chi connectivity index (χ2v) is 3.69. The highest BCUT2D eigenvalue weighted by Crippen LogP contribution is 2.13. The predicted octanol–water partition coefficient (Wildman–Crippen LogP) is 3.09. The zero-order valence-corrected chi connectivity index (χ0v) is 9.21. The van der Waals surface area contributed by atoms with Gasteiger partial charge in [0, 0.05) is 10.0 Å². The van der Waals surface area contributed by atoms with Crippen molar-refractivity contribution in [3.8, 4) is 0 Å². The van der Waals surface area contributed by atoms with Crippen LogP contribution in [-0.2, 0) is 4.84 Å². The molecule has 1 aromatic carbocycles. The molecule has 0 aliphatic heterocycles. The van der Waals surface area contributed by atoms with Gasteiger partial charge in [-0.2, -0.15) is 0 Å². The van der Waals surface area contributed by atoms with Crippen molar-refractivity contribution >= 4 is 22.1 Å². The number of rotatable bonds is 3. The average molecular weight is 241 g/mol. The van der Waals surface area contributed by atoms with Gasteiger partial charge in [0.15, 0.2) is 0 Å². The number of halogens is 1. The molecular weight excluding hydrogens is 230 g/mol. The van der Waals surface area contributed by atoms with E-state index in [0.717, 1.165) is 10.0 Å². The molecule has 0 saturated heterocycles. The lowest BCUT2D eigenvalue weighted by molar-refractivity contribution is 0.0873. The molecule has 0 bridgehead atoms. The van der Waals surface area contributed by atoms with Gasteiger partial charge in [-0.05, 0) is 19.9 Å². The van der Waals surface area contributed by atoms with Crippen LogP contribution in [0.1, 0.15) is 19.4 Å². The van der Waals surface area contributed by atoms with Gasteiger partial charge in [0.2, 0.25) is 0 Å². The van der Waals surface area contributed by atoms with Crippen LogP contribution < -0.4 is 0 Å². The molecule has 0 unspecified atom stereocenters. The molecule has 69 valence electrons. The van der Waals surface area contributed by atoms with Gasteiger partial charge >= 0.3 is 0 Å². The fraction of sp³-hybridized carbons (Fsp3) is 0.300. The maximum absolute atomic E-state index is 4.99. The lowest BCUT2D eigenvalue weighted by Crippen LogP contribution is -1.96. The summed E-state index contributed by atoms with van der Waals surface area (Å²) in [5.41, 5.74) is 0.892. The van der Waals surface area contributed by atoms with Crippen LogP contribution in [0.3, 0.4) is 0 Å². The number of benzene rings is 1. The van der Waals surface area contributed by atoms with Gasteiger partial charge in [0.05, 0.1) is 0 Å². The quantitative estimate of drug-likeness (QED) is 0.588. The molecule has 13 heavy (non-hydrogen) atoms. The molecule has 0 amide bonds. The third-order valence-electron chi connectivity index (χ3n) is 1.30. The third-order valence-corrected chi connectivity index (χ3v) is 1.99. The Morgan fingerprint density at radius 2 is 2.08 bits per heavy atom. The second-order valence-electron chi connectivity index (χ2n) is 2.84. The summed E-state index contributed by atoms with van der Waals surface area (Å²) in [7, 11) is 0. The lowest BCUT2D eigenvalue weighted by Gasteiger charge is -2.00. The first-order chi connectivity index (χ1) is 6.20. The normalized spacial score (nSPS) is 11.1. The minimum atomic E-state index is 0.0926. The molecule has 0 aliphatic carbocycles. The molecule has 3 heteroatoms. The number of hydrogen-bond donors (Lipinski definition) is 0. The van der Waals surface area contributed by atoms with Crippen molar-refractivity contribution in [3.63, 3.8) is 0 Å². The van der Waals surface area contributed by atoms with Crippen LogP contribution in [0, 0.1) is 0 Å². The summed E-state index contributed by atoms with van der Waals surface area (Å²) in [6.45, 7) is 3.84. The summed E-state index contributed by atoms with van der Waals surface area (Å²) >= 11 is 3.39. The van der Waals surface area contributed by atoms with Crippen LogP contribution >= 0.6 is 15.9 Å². The van der Waals surface area contributed by atoms with Gasteiger partial charge in [-0.15, -0.1) is 0 Å². The van der Waals surface area contributed by atoms with E-state index in [1.54, 1.807) is 0 Å². The van der Waals surface area contributed by atoms with E-state index in [1.165, 1.54) is 0 Å². The Labute approximate surface area is 86.7 Å². The molecule has 0 aromatic heterocycles. The van der Waals surface area contributed by atoms with Gasteiger partial charge in [0.1, 0.15) is 12.3 Å². The molecular formula is C10H11BrNO. The Morgan fingerprint density at radius 1 is 1.38 bits per heavy atom. The average Bonchev–Trinajstić information content (AvgIpc) is 2.08. The summed E-state index contributed by atoms with van der Waals surface area (Å²) in [5.74, 6) is 0. The highest BCUT2D eigenvalue weighted by atomic mass is 79.9. The van der Waals surface area contributed by atoms with E-state index in [4.69, 9.17) is 4.84 Å². The molecule has 0 heterocycles. The molecule has 0 aliphatic rings. The summed E-state index contributed by atoms with van der Waals surface area (Å²) in [4.78, 5) is 4.99. The van der Waals surface area contributed by atoms with E-state index in [9.17, 15) is 0 Å². The zero-order chi connectivity index (χ0) is 9.68.